The molecule has 134 valence electrons. The molecule has 1 aliphatic rings. The molecule has 0 N–H and O–H groups in total. The summed E-state index contributed by atoms with van der Waals surface area (Å²) in [5.74, 6) is 1.08. The molecular formula is C18H24N4O3. The zero-order valence-corrected chi connectivity index (χ0v) is 15.0. The standard InChI is InChI=1S/C18H24N4O3/c1-4-6-15-17(13(3)21-25-15)18(23)24-11-14-7-5-10-22(14)16-9-8-12(2)19-20-16/h8-9,14H,4-7,10-11H2,1-3H3/t14-/m1/s1. The van der Waals surface area contributed by atoms with Gasteiger partial charge in [0.2, 0.25) is 0 Å². The van der Waals surface area contributed by atoms with E-state index in [1.165, 1.54) is 0 Å². The summed E-state index contributed by atoms with van der Waals surface area (Å²) >= 11 is 0. The lowest BCUT2D eigenvalue weighted by atomic mass is 10.1. The summed E-state index contributed by atoms with van der Waals surface area (Å²) in [5, 5.41) is 12.3. The number of esters is 1. The van der Waals surface area contributed by atoms with Crippen molar-refractivity contribution in [3.63, 3.8) is 0 Å². The summed E-state index contributed by atoms with van der Waals surface area (Å²) < 4.78 is 10.8. The van der Waals surface area contributed by atoms with Crippen molar-refractivity contribution in [1.82, 2.24) is 15.4 Å². The second kappa shape index (κ2) is 7.63. The van der Waals surface area contributed by atoms with Crippen molar-refractivity contribution in [3.8, 4) is 0 Å². The van der Waals surface area contributed by atoms with Gasteiger partial charge in [-0.2, -0.15) is 5.10 Å². The predicted molar refractivity (Wildman–Crippen MR) is 92.7 cm³/mol. The monoisotopic (exact) mass is 344 g/mol. The molecule has 3 rings (SSSR count). The maximum Gasteiger partial charge on any atom is 0.343 e. The fourth-order valence-corrected chi connectivity index (χ4v) is 3.18. The third-order valence-corrected chi connectivity index (χ3v) is 4.48. The van der Waals surface area contributed by atoms with Crippen molar-refractivity contribution >= 4 is 11.8 Å². The molecule has 0 aliphatic carbocycles. The number of aryl methyl sites for hydroxylation is 3. The second-order valence-corrected chi connectivity index (χ2v) is 6.44. The number of nitrogens with zero attached hydrogens (tertiary/aromatic N) is 4. The number of anilines is 1. The molecule has 3 heterocycles. The summed E-state index contributed by atoms with van der Waals surface area (Å²) in [6, 6.07) is 4.03. The van der Waals surface area contributed by atoms with Crippen molar-refractivity contribution in [3.05, 3.63) is 34.8 Å². The Hall–Kier alpha value is -2.44. The molecule has 1 saturated heterocycles. The maximum absolute atomic E-state index is 12.5. The van der Waals surface area contributed by atoms with Crippen LogP contribution in [-0.4, -0.2) is 40.5 Å². The van der Waals surface area contributed by atoms with Gasteiger partial charge in [-0.1, -0.05) is 12.1 Å². The van der Waals surface area contributed by atoms with Gasteiger partial charge in [-0.25, -0.2) is 4.79 Å². The highest BCUT2D eigenvalue weighted by Crippen LogP contribution is 2.24. The lowest BCUT2D eigenvalue weighted by Gasteiger charge is -2.24. The Labute approximate surface area is 147 Å². The number of carbonyl (C=O) groups excluding carboxylic acids is 1. The van der Waals surface area contributed by atoms with Crippen molar-refractivity contribution in [2.75, 3.05) is 18.1 Å². The highest BCUT2D eigenvalue weighted by molar-refractivity contribution is 5.91. The summed E-state index contributed by atoms with van der Waals surface area (Å²) in [5.41, 5.74) is 1.94. The van der Waals surface area contributed by atoms with Crippen LogP contribution < -0.4 is 4.90 Å². The zero-order chi connectivity index (χ0) is 17.8. The Kier molecular flexibility index (Phi) is 5.31. The Bertz CT molecular complexity index is 726. The number of hydrogen-bond acceptors (Lipinski definition) is 7. The topological polar surface area (TPSA) is 81.4 Å². The molecule has 7 nitrogen and oxygen atoms in total. The number of carbonyl (C=O) groups is 1. The van der Waals surface area contributed by atoms with E-state index in [0.717, 1.165) is 37.3 Å². The average Bonchev–Trinajstić information content (AvgIpc) is 3.21. The average molecular weight is 344 g/mol. The van der Waals surface area contributed by atoms with Crippen LogP contribution in [0.25, 0.3) is 0 Å². The van der Waals surface area contributed by atoms with Crippen molar-refractivity contribution in [2.45, 2.75) is 52.5 Å². The van der Waals surface area contributed by atoms with Gasteiger partial charge in [0, 0.05) is 13.0 Å². The molecule has 7 heteroatoms. The van der Waals surface area contributed by atoms with Crippen LogP contribution >= 0.6 is 0 Å². The molecule has 0 aromatic carbocycles. The summed E-state index contributed by atoms with van der Waals surface area (Å²) in [6.45, 7) is 6.93. The molecule has 2 aromatic rings. The molecule has 0 saturated carbocycles. The van der Waals surface area contributed by atoms with E-state index >= 15 is 0 Å². The molecular weight excluding hydrogens is 320 g/mol. The third kappa shape index (κ3) is 3.81. The van der Waals surface area contributed by atoms with Gasteiger partial charge in [0.1, 0.15) is 12.2 Å². The Morgan fingerprint density at radius 3 is 2.92 bits per heavy atom. The van der Waals surface area contributed by atoms with Gasteiger partial charge in [-0.05, 0) is 45.2 Å². The summed E-state index contributed by atoms with van der Waals surface area (Å²) in [7, 11) is 0. The molecule has 1 atom stereocenters. The minimum absolute atomic E-state index is 0.121. The molecule has 0 bridgehead atoms. The summed E-state index contributed by atoms with van der Waals surface area (Å²) in [4.78, 5) is 14.7. The van der Waals surface area contributed by atoms with Crippen LogP contribution in [0.2, 0.25) is 0 Å². The minimum Gasteiger partial charge on any atom is -0.460 e. The number of aromatic nitrogens is 3. The highest BCUT2D eigenvalue weighted by Gasteiger charge is 2.29. The Morgan fingerprint density at radius 1 is 1.36 bits per heavy atom. The molecule has 2 aromatic heterocycles. The van der Waals surface area contributed by atoms with Gasteiger partial charge in [-0.3, -0.25) is 0 Å². The molecule has 0 radical (unpaired) electrons. The Morgan fingerprint density at radius 2 is 2.20 bits per heavy atom. The van der Waals surface area contributed by atoms with E-state index in [4.69, 9.17) is 9.26 Å². The molecule has 25 heavy (non-hydrogen) atoms. The van der Waals surface area contributed by atoms with Crippen LogP contribution in [0.3, 0.4) is 0 Å². The van der Waals surface area contributed by atoms with E-state index in [-0.39, 0.29) is 12.0 Å². The van der Waals surface area contributed by atoms with Crippen LogP contribution in [0.15, 0.2) is 16.7 Å². The summed E-state index contributed by atoms with van der Waals surface area (Å²) in [6.07, 6.45) is 3.58. The van der Waals surface area contributed by atoms with E-state index in [1.54, 1.807) is 6.92 Å². The molecule has 0 spiro atoms. The van der Waals surface area contributed by atoms with Gasteiger partial charge < -0.3 is 14.2 Å². The SMILES string of the molecule is CCCc1onc(C)c1C(=O)OC[C@H]1CCCN1c1ccc(C)nn1. The van der Waals surface area contributed by atoms with Gasteiger partial charge >= 0.3 is 5.97 Å². The first-order chi connectivity index (χ1) is 12.1. The van der Waals surface area contributed by atoms with E-state index in [0.29, 0.717) is 30.0 Å². The van der Waals surface area contributed by atoms with Gasteiger partial charge in [0.15, 0.2) is 11.6 Å². The molecule has 0 amide bonds. The minimum atomic E-state index is -0.357. The number of rotatable bonds is 6. The highest BCUT2D eigenvalue weighted by atomic mass is 16.5. The van der Waals surface area contributed by atoms with Crippen LogP contribution in [-0.2, 0) is 11.2 Å². The van der Waals surface area contributed by atoms with Crippen molar-refractivity contribution in [2.24, 2.45) is 0 Å². The fourth-order valence-electron chi connectivity index (χ4n) is 3.18. The lowest BCUT2D eigenvalue weighted by molar-refractivity contribution is 0.0479. The fraction of sp³-hybridized carbons (Fsp3) is 0.556. The van der Waals surface area contributed by atoms with Crippen molar-refractivity contribution < 1.29 is 14.1 Å². The van der Waals surface area contributed by atoms with Crippen LogP contribution in [0.1, 0.15) is 53.7 Å². The predicted octanol–water partition coefficient (Wildman–Crippen LogP) is 2.86. The van der Waals surface area contributed by atoms with Gasteiger partial charge in [0.25, 0.3) is 0 Å². The quantitative estimate of drug-likeness (QED) is 0.745. The first-order valence-corrected chi connectivity index (χ1v) is 8.79. The van der Waals surface area contributed by atoms with Crippen LogP contribution in [0.4, 0.5) is 5.82 Å². The Balaban J connectivity index is 1.65. The zero-order valence-electron chi connectivity index (χ0n) is 15.0. The van der Waals surface area contributed by atoms with Gasteiger partial charge in [-0.15, -0.1) is 5.10 Å². The first kappa shape index (κ1) is 17.4. The number of ether oxygens (including phenoxy) is 1. The van der Waals surface area contributed by atoms with Gasteiger partial charge in [0.05, 0.1) is 17.4 Å². The largest absolute Gasteiger partial charge is 0.460 e. The maximum atomic E-state index is 12.5. The van der Waals surface area contributed by atoms with Crippen molar-refractivity contribution in [1.29, 1.82) is 0 Å². The first-order valence-electron chi connectivity index (χ1n) is 8.79. The van der Waals surface area contributed by atoms with Crippen LogP contribution in [0, 0.1) is 13.8 Å². The molecule has 0 unspecified atom stereocenters. The van der Waals surface area contributed by atoms with E-state index in [9.17, 15) is 4.79 Å². The third-order valence-electron chi connectivity index (χ3n) is 4.48. The van der Waals surface area contributed by atoms with E-state index in [1.807, 2.05) is 26.0 Å². The molecule has 1 fully saturated rings. The second-order valence-electron chi connectivity index (χ2n) is 6.44. The lowest BCUT2D eigenvalue weighted by Crippen LogP contribution is -2.34. The molecule has 1 aliphatic heterocycles. The normalized spacial score (nSPS) is 17.1. The number of hydrogen-bond donors (Lipinski definition) is 0. The van der Waals surface area contributed by atoms with E-state index < -0.39 is 0 Å². The smallest absolute Gasteiger partial charge is 0.343 e. The van der Waals surface area contributed by atoms with E-state index in [2.05, 4.69) is 20.3 Å². The van der Waals surface area contributed by atoms with Crippen LogP contribution in [0.5, 0.6) is 0 Å².